The average molecular weight is 319 g/mol. The molecule has 122 valence electrons. The molecule has 0 saturated carbocycles. The van der Waals surface area contributed by atoms with Crippen molar-refractivity contribution >= 4 is 5.91 Å². The highest BCUT2D eigenvalue weighted by molar-refractivity contribution is 5.78. The summed E-state index contributed by atoms with van der Waals surface area (Å²) in [5.41, 5.74) is 2.11. The molecule has 5 heteroatoms. The average Bonchev–Trinajstić information content (AvgIpc) is 2.46. The van der Waals surface area contributed by atoms with E-state index in [1.54, 1.807) is 6.92 Å². The molecular formula is C18H19F2NO2. The van der Waals surface area contributed by atoms with E-state index in [0.717, 1.165) is 23.3 Å². The second-order valence-corrected chi connectivity index (χ2v) is 5.46. The molecule has 0 aromatic heterocycles. The monoisotopic (exact) mass is 319 g/mol. The van der Waals surface area contributed by atoms with E-state index in [4.69, 9.17) is 4.74 Å². The van der Waals surface area contributed by atoms with Gasteiger partial charge in [-0.1, -0.05) is 24.3 Å². The van der Waals surface area contributed by atoms with Crippen LogP contribution in [-0.4, -0.2) is 12.5 Å². The highest BCUT2D eigenvalue weighted by Crippen LogP contribution is 2.22. The minimum atomic E-state index is -0.687. The van der Waals surface area contributed by atoms with Crippen molar-refractivity contribution in [3.05, 3.63) is 64.7 Å². The zero-order chi connectivity index (χ0) is 17.0. The lowest BCUT2D eigenvalue weighted by molar-refractivity contribution is -0.123. The van der Waals surface area contributed by atoms with E-state index >= 15 is 0 Å². The van der Waals surface area contributed by atoms with Gasteiger partial charge in [-0.25, -0.2) is 8.78 Å². The fourth-order valence-electron chi connectivity index (χ4n) is 2.38. The predicted octanol–water partition coefficient (Wildman–Crippen LogP) is 3.84. The second-order valence-electron chi connectivity index (χ2n) is 5.46. The summed E-state index contributed by atoms with van der Waals surface area (Å²) in [6.07, 6.45) is 0. The van der Waals surface area contributed by atoms with E-state index in [-0.39, 0.29) is 18.1 Å². The third-order valence-electron chi connectivity index (χ3n) is 3.56. The number of carbonyl (C=O) groups is 1. The topological polar surface area (TPSA) is 38.3 Å². The van der Waals surface area contributed by atoms with Gasteiger partial charge in [0.05, 0.1) is 6.04 Å². The van der Waals surface area contributed by atoms with Gasteiger partial charge in [-0.3, -0.25) is 4.79 Å². The number of amides is 1. The Hall–Kier alpha value is -2.43. The van der Waals surface area contributed by atoms with Crippen molar-refractivity contribution in [3.8, 4) is 5.75 Å². The SMILES string of the molecule is Cc1cccc(C)c1OCC(=O)N[C@@H](C)c1ccc(F)cc1F. The normalized spacial score (nSPS) is 11.9. The minimum absolute atomic E-state index is 0.168. The Bertz CT molecular complexity index is 696. The summed E-state index contributed by atoms with van der Waals surface area (Å²) in [7, 11) is 0. The Morgan fingerprint density at radius 3 is 2.43 bits per heavy atom. The first-order valence-corrected chi connectivity index (χ1v) is 7.32. The summed E-state index contributed by atoms with van der Waals surface area (Å²) in [5, 5.41) is 2.64. The van der Waals surface area contributed by atoms with Crippen molar-refractivity contribution in [1.82, 2.24) is 5.32 Å². The van der Waals surface area contributed by atoms with Gasteiger partial charge in [-0.05, 0) is 38.0 Å². The summed E-state index contributed by atoms with van der Waals surface area (Å²) >= 11 is 0. The smallest absolute Gasteiger partial charge is 0.258 e. The van der Waals surface area contributed by atoms with E-state index in [1.165, 1.54) is 6.07 Å². The predicted molar refractivity (Wildman–Crippen MR) is 84.3 cm³/mol. The van der Waals surface area contributed by atoms with Crippen LogP contribution in [0.2, 0.25) is 0 Å². The third kappa shape index (κ3) is 4.28. The molecule has 0 heterocycles. The second kappa shape index (κ2) is 7.22. The van der Waals surface area contributed by atoms with E-state index in [1.807, 2.05) is 32.0 Å². The van der Waals surface area contributed by atoms with Gasteiger partial charge in [-0.2, -0.15) is 0 Å². The summed E-state index contributed by atoms with van der Waals surface area (Å²) in [4.78, 5) is 12.0. The van der Waals surface area contributed by atoms with Gasteiger partial charge in [-0.15, -0.1) is 0 Å². The molecule has 1 amide bonds. The van der Waals surface area contributed by atoms with Gasteiger partial charge in [0.2, 0.25) is 0 Å². The van der Waals surface area contributed by atoms with E-state index < -0.39 is 17.7 Å². The van der Waals surface area contributed by atoms with Crippen molar-refractivity contribution in [3.63, 3.8) is 0 Å². The quantitative estimate of drug-likeness (QED) is 0.909. The molecule has 2 aromatic carbocycles. The molecular weight excluding hydrogens is 300 g/mol. The number of para-hydroxylation sites is 1. The molecule has 0 aliphatic heterocycles. The maximum atomic E-state index is 13.7. The number of carbonyl (C=O) groups excluding carboxylic acids is 1. The Balaban J connectivity index is 1.97. The summed E-state index contributed by atoms with van der Waals surface area (Å²) in [5.74, 6) is -1.04. The Kier molecular flexibility index (Phi) is 5.32. The van der Waals surface area contributed by atoms with Gasteiger partial charge < -0.3 is 10.1 Å². The van der Waals surface area contributed by atoms with E-state index in [9.17, 15) is 13.6 Å². The van der Waals surface area contributed by atoms with E-state index in [0.29, 0.717) is 5.75 Å². The third-order valence-corrected chi connectivity index (χ3v) is 3.56. The van der Waals surface area contributed by atoms with Gasteiger partial charge in [0, 0.05) is 11.6 Å². The van der Waals surface area contributed by atoms with E-state index in [2.05, 4.69) is 5.32 Å². The summed E-state index contributed by atoms with van der Waals surface area (Å²) < 4.78 is 32.1. The van der Waals surface area contributed by atoms with Crippen LogP contribution in [0.3, 0.4) is 0 Å². The van der Waals surface area contributed by atoms with Crippen LogP contribution in [0.5, 0.6) is 5.75 Å². The fourth-order valence-corrected chi connectivity index (χ4v) is 2.38. The fraction of sp³-hybridized carbons (Fsp3) is 0.278. The largest absolute Gasteiger partial charge is 0.483 e. The molecule has 0 bridgehead atoms. The lowest BCUT2D eigenvalue weighted by Crippen LogP contribution is -2.31. The van der Waals surface area contributed by atoms with Gasteiger partial charge in [0.25, 0.3) is 5.91 Å². The first-order valence-electron chi connectivity index (χ1n) is 7.32. The number of ether oxygens (including phenoxy) is 1. The van der Waals surface area contributed by atoms with Crippen molar-refractivity contribution in [1.29, 1.82) is 0 Å². The van der Waals surface area contributed by atoms with Crippen LogP contribution in [0.4, 0.5) is 8.78 Å². The molecule has 0 unspecified atom stereocenters. The Labute approximate surface area is 134 Å². The summed E-state index contributed by atoms with van der Waals surface area (Å²) in [6, 6.07) is 8.41. The van der Waals surface area contributed by atoms with Crippen LogP contribution in [0, 0.1) is 25.5 Å². The van der Waals surface area contributed by atoms with Gasteiger partial charge in [0.1, 0.15) is 17.4 Å². The molecule has 0 aliphatic carbocycles. The molecule has 0 aliphatic rings. The highest BCUT2D eigenvalue weighted by atomic mass is 19.1. The van der Waals surface area contributed by atoms with Crippen LogP contribution < -0.4 is 10.1 Å². The van der Waals surface area contributed by atoms with Crippen LogP contribution in [0.25, 0.3) is 0 Å². The number of benzene rings is 2. The molecule has 0 spiro atoms. The van der Waals surface area contributed by atoms with Crippen LogP contribution in [-0.2, 0) is 4.79 Å². The van der Waals surface area contributed by atoms with Crippen LogP contribution in [0.1, 0.15) is 29.7 Å². The maximum Gasteiger partial charge on any atom is 0.258 e. The maximum absolute atomic E-state index is 13.7. The Morgan fingerprint density at radius 1 is 1.17 bits per heavy atom. The van der Waals surface area contributed by atoms with Crippen molar-refractivity contribution in [2.24, 2.45) is 0 Å². The van der Waals surface area contributed by atoms with Crippen molar-refractivity contribution in [2.45, 2.75) is 26.8 Å². The standard InChI is InChI=1S/C18H19F2NO2/c1-11-5-4-6-12(2)18(11)23-10-17(22)21-13(3)15-8-7-14(19)9-16(15)20/h4-9,13H,10H2,1-3H3,(H,21,22)/t13-/m0/s1. The van der Waals surface area contributed by atoms with Crippen molar-refractivity contribution in [2.75, 3.05) is 6.61 Å². The first-order chi connectivity index (χ1) is 10.9. The van der Waals surface area contributed by atoms with Gasteiger partial charge in [0.15, 0.2) is 6.61 Å². The molecule has 0 radical (unpaired) electrons. The first kappa shape index (κ1) is 16.9. The summed E-state index contributed by atoms with van der Waals surface area (Å²) in [6.45, 7) is 5.26. The molecule has 3 nitrogen and oxygen atoms in total. The van der Waals surface area contributed by atoms with Crippen LogP contribution in [0.15, 0.2) is 36.4 Å². The number of nitrogens with one attached hydrogen (secondary N) is 1. The number of aryl methyl sites for hydroxylation is 2. The number of halogens is 2. The minimum Gasteiger partial charge on any atom is -0.483 e. The highest BCUT2D eigenvalue weighted by Gasteiger charge is 2.15. The molecule has 1 N–H and O–H groups in total. The zero-order valence-electron chi connectivity index (χ0n) is 13.3. The molecule has 0 fully saturated rings. The molecule has 2 aromatic rings. The molecule has 23 heavy (non-hydrogen) atoms. The molecule has 1 atom stereocenters. The van der Waals surface area contributed by atoms with Crippen LogP contribution >= 0.6 is 0 Å². The number of hydrogen-bond donors (Lipinski definition) is 1. The number of rotatable bonds is 5. The van der Waals surface area contributed by atoms with Crippen molar-refractivity contribution < 1.29 is 18.3 Å². The van der Waals surface area contributed by atoms with Gasteiger partial charge >= 0.3 is 0 Å². The Morgan fingerprint density at radius 2 is 1.83 bits per heavy atom. The molecule has 0 saturated heterocycles. The molecule has 2 rings (SSSR count). The lowest BCUT2D eigenvalue weighted by atomic mass is 10.1. The lowest BCUT2D eigenvalue weighted by Gasteiger charge is -2.16. The number of hydrogen-bond acceptors (Lipinski definition) is 2. The zero-order valence-corrected chi connectivity index (χ0v) is 13.3.